The Hall–Kier alpha value is -3.15. The molecule has 1 aliphatic heterocycles. The van der Waals surface area contributed by atoms with Crippen LogP contribution in [0.3, 0.4) is 0 Å². The Balaban J connectivity index is 1.62. The van der Waals surface area contributed by atoms with Gasteiger partial charge in [0, 0.05) is 24.2 Å². The average Bonchev–Trinajstić information content (AvgIpc) is 3.04. The lowest BCUT2D eigenvalue weighted by Crippen LogP contribution is -2.45. The van der Waals surface area contributed by atoms with E-state index in [9.17, 15) is 14.4 Å². The van der Waals surface area contributed by atoms with Crippen molar-refractivity contribution in [3.8, 4) is 0 Å². The summed E-state index contributed by atoms with van der Waals surface area (Å²) >= 11 is 0. The Bertz CT molecular complexity index is 849. The van der Waals surface area contributed by atoms with Crippen LogP contribution in [0.4, 0.5) is 5.69 Å². The van der Waals surface area contributed by atoms with Crippen LogP contribution in [0.2, 0.25) is 0 Å². The van der Waals surface area contributed by atoms with E-state index in [1.165, 1.54) is 0 Å². The third kappa shape index (κ3) is 3.59. The van der Waals surface area contributed by atoms with Gasteiger partial charge in [-0.15, -0.1) is 0 Å². The van der Waals surface area contributed by atoms with Crippen LogP contribution >= 0.6 is 0 Å². The number of amides is 3. The van der Waals surface area contributed by atoms with Gasteiger partial charge in [0.1, 0.15) is 0 Å². The molecule has 6 heteroatoms. The van der Waals surface area contributed by atoms with Gasteiger partial charge in [0.05, 0.1) is 5.92 Å². The Morgan fingerprint density at radius 3 is 2.46 bits per heavy atom. The number of hydrogen-bond acceptors (Lipinski definition) is 3. The Kier molecular flexibility index (Phi) is 5.02. The zero-order valence-electron chi connectivity index (χ0n) is 14.8. The van der Waals surface area contributed by atoms with E-state index in [0.29, 0.717) is 12.1 Å². The second-order valence-corrected chi connectivity index (χ2v) is 6.43. The number of carbonyl (C=O) groups excluding carboxylic acids is 3. The quantitative estimate of drug-likeness (QED) is 0.832. The summed E-state index contributed by atoms with van der Waals surface area (Å²) in [6.07, 6.45) is 0.125. The zero-order chi connectivity index (χ0) is 18.7. The number of rotatable bonds is 3. The van der Waals surface area contributed by atoms with Crippen molar-refractivity contribution >= 4 is 23.4 Å². The molecule has 1 aliphatic rings. The Labute approximate surface area is 152 Å². The fourth-order valence-corrected chi connectivity index (χ4v) is 3.03. The predicted molar refractivity (Wildman–Crippen MR) is 98.4 cm³/mol. The van der Waals surface area contributed by atoms with Gasteiger partial charge in [0.2, 0.25) is 11.8 Å². The van der Waals surface area contributed by atoms with E-state index in [2.05, 4.69) is 10.9 Å². The minimum absolute atomic E-state index is 0.0896. The summed E-state index contributed by atoms with van der Waals surface area (Å²) in [5.41, 5.74) is 8.23. The van der Waals surface area contributed by atoms with Gasteiger partial charge < -0.3 is 4.90 Å². The molecule has 0 unspecified atom stereocenters. The molecule has 1 atom stereocenters. The molecule has 1 saturated heterocycles. The fourth-order valence-electron chi connectivity index (χ4n) is 3.03. The van der Waals surface area contributed by atoms with Crippen LogP contribution in [-0.4, -0.2) is 24.3 Å². The summed E-state index contributed by atoms with van der Waals surface area (Å²) in [7, 11) is 0. The van der Waals surface area contributed by atoms with Crippen LogP contribution < -0.4 is 15.8 Å². The van der Waals surface area contributed by atoms with Crippen LogP contribution in [0.25, 0.3) is 0 Å². The first-order valence-electron chi connectivity index (χ1n) is 8.49. The lowest BCUT2D eigenvalue weighted by atomic mass is 10.1. The van der Waals surface area contributed by atoms with Crippen LogP contribution in [0, 0.1) is 19.8 Å². The van der Waals surface area contributed by atoms with Crippen LogP contribution in [0.15, 0.2) is 48.5 Å². The van der Waals surface area contributed by atoms with Gasteiger partial charge >= 0.3 is 0 Å². The van der Waals surface area contributed by atoms with Crippen molar-refractivity contribution in [2.45, 2.75) is 20.3 Å². The number of carbonyl (C=O) groups is 3. The third-order valence-electron chi connectivity index (χ3n) is 4.70. The fraction of sp³-hybridized carbons (Fsp3) is 0.250. The Morgan fingerprint density at radius 2 is 1.73 bits per heavy atom. The molecule has 6 nitrogen and oxygen atoms in total. The molecule has 2 N–H and O–H groups in total. The van der Waals surface area contributed by atoms with Crippen molar-refractivity contribution in [1.29, 1.82) is 0 Å². The number of hydrogen-bond donors (Lipinski definition) is 2. The van der Waals surface area contributed by atoms with Gasteiger partial charge in [0.15, 0.2) is 0 Å². The predicted octanol–water partition coefficient (Wildman–Crippen LogP) is 2.12. The van der Waals surface area contributed by atoms with E-state index < -0.39 is 11.8 Å². The zero-order valence-corrected chi connectivity index (χ0v) is 14.8. The SMILES string of the molecule is Cc1cccc(N2C[C@@H](C(=O)NNC(=O)c3ccccc3)CC2=O)c1C. The standard InChI is InChI=1S/C20H21N3O3/c1-13-7-6-10-17(14(13)2)23-12-16(11-18(23)24)20(26)22-21-19(25)15-8-4-3-5-9-15/h3-10,16H,11-12H2,1-2H3,(H,21,25)(H,22,26)/t16-/m0/s1. The summed E-state index contributed by atoms with van der Waals surface area (Å²) in [5, 5.41) is 0. The highest BCUT2D eigenvalue weighted by Crippen LogP contribution is 2.29. The molecule has 1 heterocycles. The molecular weight excluding hydrogens is 330 g/mol. The Morgan fingerprint density at radius 1 is 1.00 bits per heavy atom. The van der Waals surface area contributed by atoms with Crippen molar-refractivity contribution in [3.63, 3.8) is 0 Å². The van der Waals surface area contributed by atoms with Gasteiger partial charge in [-0.25, -0.2) is 0 Å². The van der Waals surface area contributed by atoms with Gasteiger partial charge in [-0.05, 0) is 43.2 Å². The molecule has 0 radical (unpaired) electrons. The summed E-state index contributed by atoms with van der Waals surface area (Å²) in [6, 6.07) is 14.4. The van der Waals surface area contributed by atoms with Crippen molar-refractivity contribution in [2.24, 2.45) is 5.92 Å². The third-order valence-corrected chi connectivity index (χ3v) is 4.70. The minimum Gasteiger partial charge on any atom is -0.311 e. The molecule has 0 aromatic heterocycles. The van der Waals surface area contributed by atoms with Crippen LogP contribution in [0.1, 0.15) is 27.9 Å². The van der Waals surface area contributed by atoms with Crippen LogP contribution in [0.5, 0.6) is 0 Å². The molecule has 3 rings (SSSR count). The van der Waals surface area contributed by atoms with Crippen molar-refractivity contribution in [3.05, 3.63) is 65.2 Å². The number of nitrogens with one attached hydrogen (secondary N) is 2. The van der Waals surface area contributed by atoms with Gasteiger partial charge in [0.25, 0.3) is 5.91 Å². The molecule has 3 amide bonds. The monoisotopic (exact) mass is 351 g/mol. The van der Waals surface area contributed by atoms with E-state index in [1.54, 1.807) is 35.2 Å². The first kappa shape index (κ1) is 17.7. The highest BCUT2D eigenvalue weighted by molar-refractivity contribution is 6.01. The molecule has 0 saturated carbocycles. The smallest absolute Gasteiger partial charge is 0.269 e. The van der Waals surface area contributed by atoms with Crippen molar-refractivity contribution < 1.29 is 14.4 Å². The number of anilines is 1. The van der Waals surface area contributed by atoms with Gasteiger partial charge in [-0.2, -0.15) is 0 Å². The number of aryl methyl sites for hydroxylation is 1. The molecule has 1 fully saturated rings. The van der Waals surface area contributed by atoms with E-state index in [4.69, 9.17) is 0 Å². The summed E-state index contributed by atoms with van der Waals surface area (Å²) in [6.45, 7) is 4.25. The maximum atomic E-state index is 12.4. The molecule has 0 bridgehead atoms. The second kappa shape index (κ2) is 7.39. The van der Waals surface area contributed by atoms with E-state index in [-0.39, 0.29) is 18.2 Å². The number of hydrazine groups is 1. The lowest BCUT2D eigenvalue weighted by molar-refractivity contribution is -0.126. The average molecular weight is 351 g/mol. The topological polar surface area (TPSA) is 78.5 Å². The normalized spacial score (nSPS) is 16.5. The second-order valence-electron chi connectivity index (χ2n) is 6.43. The maximum absolute atomic E-state index is 12.4. The van der Waals surface area contributed by atoms with Gasteiger partial charge in [-0.3, -0.25) is 25.2 Å². The highest BCUT2D eigenvalue weighted by atomic mass is 16.2. The first-order chi connectivity index (χ1) is 12.5. The molecule has 26 heavy (non-hydrogen) atoms. The molecule has 134 valence electrons. The number of benzene rings is 2. The minimum atomic E-state index is -0.501. The van der Waals surface area contributed by atoms with E-state index in [0.717, 1.165) is 16.8 Å². The first-order valence-corrected chi connectivity index (χ1v) is 8.49. The maximum Gasteiger partial charge on any atom is 0.269 e. The molecule has 0 aliphatic carbocycles. The molecular formula is C20H21N3O3. The summed E-state index contributed by atoms with van der Waals surface area (Å²) < 4.78 is 0. The van der Waals surface area contributed by atoms with Gasteiger partial charge in [-0.1, -0.05) is 30.3 Å². The number of nitrogens with zero attached hydrogens (tertiary/aromatic N) is 1. The van der Waals surface area contributed by atoms with Crippen molar-refractivity contribution in [2.75, 3.05) is 11.4 Å². The molecule has 0 spiro atoms. The molecule has 2 aromatic rings. The lowest BCUT2D eigenvalue weighted by Gasteiger charge is -2.20. The van der Waals surface area contributed by atoms with E-state index in [1.807, 2.05) is 32.0 Å². The molecule has 2 aromatic carbocycles. The van der Waals surface area contributed by atoms with Crippen molar-refractivity contribution in [1.82, 2.24) is 10.9 Å². The van der Waals surface area contributed by atoms with E-state index >= 15 is 0 Å². The highest BCUT2D eigenvalue weighted by Gasteiger charge is 2.35. The largest absolute Gasteiger partial charge is 0.311 e. The summed E-state index contributed by atoms with van der Waals surface area (Å²) in [5.74, 6) is -1.35. The van der Waals surface area contributed by atoms with Crippen LogP contribution in [-0.2, 0) is 9.59 Å². The summed E-state index contributed by atoms with van der Waals surface area (Å²) in [4.78, 5) is 38.4.